The Labute approximate surface area is 149 Å². The van der Waals surface area contributed by atoms with Crippen molar-refractivity contribution in [3.63, 3.8) is 0 Å². The van der Waals surface area contributed by atoms with Gasteiger partial charge in [-0.25, -0.2) is 0 Å². The minimum Gasteiger partial charge on any atom is -0.490 e. The summed E-state index contributed by atoms with van der Waals surface area (Å²) in [5, 5.41) is 3.25. The second-order valence-corrected chi connectivity index (χ2v) is 5.51. The normalized spacial score (nSPS) is 10.1. The first-order valence-corrected chi connectivity index (χ1v) is 7.89. The fraction of sp³-hybridized carbons (Fsp3) is 0.176. The third-order valence-electron chi connectivity index (χ3n) is 2.96. The lowest BCUT2D eigenvalue weighted by Crippen LogP contribution is -2.20. The van der Waals surface area contributed by atoms with E-state index in [1.165, 1.54) is 12.1 Å². The second kappa shape index (κ2) is 8.57. The van der Waals surface area contributed by atoms with Gasteiger partial charge in [-0.05, 0) is 31.2 Å². The Morgan fingerprint density at radius 2 is 1.92 bits per heavy atom. The number of ether oxygens (including phenoxy) is 2. The van der Waals surface area contributed by atoms with Crippen molar-refractivity contribution in [3.8, 4) is 11.5 Å². The molecule has 0 saturated carbocycles. The van der Waals surface area contributed by atoms with Gasteiger partial charge in [0.25, 0.3) is 5.91 Å². The maximum Gasteiger partial charge on any atom is 0.262 e. The Morgan fingerprint density at radius 1 is 1.17 bits per heavy atom. The molecule has 7 heteroatoms. The highest BCUT2D eigenvalue weighted by atomic mass is 35.5. The zero-order chi connectivity index (χ0) is 17.5. The van der Waals surface area contributed by atoms with Crippen LogP contribution in [0.1, 0.15) is 17.3 Å². The summed E-state index contributed by atoms with van der Waals surface area (Å²) in [6.45, 7) is 1.86. The highest BCUT2D eigenvalue weighted by Gasteiger charge is 2.14. The molecule has 0 fully saturated rings. The molecule has 0 aliphatic heterocycles. The van der Waals surface area contributed by atoms with Gasteiger partial charge in [0, 0.05) is 5.56 Å². The van der Waals surface area contributed by atoms with Gasteiger partial charge in [0.2, 0.25) is 0 Å². The molecule has 126 valence electrons. The molecule has 24 heavy (non-hydrogen) atoms. The topological polar surface area (TPSA) is 64.6 Å². The van der Waals surface area contributed by atoms with Crippen molar-refractivity contribution in [1.29, 1.82) is 0 Å². The molecule has 2 aromatic carbocycles. The van der Waals surface area contributed by atoms with Gasteiger partial charge in [0.1, 0.15) is 6.29 Å². The van der Waals surface area contributed by atoms with Gasteiger partial charge >= 0.3 is 0 Å². The van der Waals surface area contributed by atoms with Gasteiger partial charge in [0.15, 0.2) is 18.1 Å². The molecule has 2 rings (SSSR count). The third-order valence-corrected chi connectivity index (χ3v) is 3.57. The number of carbonyl (C=O) groups excluding carboxylic acids is 2. The summed E-state index contributed by atoms with van der Waals surface area (Å²) in [4.78, 5) is 22.9. The van der Waals surface area contributed by atoms with Crippen LogP contribution in [0.25, 0.3) is 0 Å². The molecule has 0 radical (unpaired) electrons. The van der Waals surface area contributed by atoms with Gasteiger partial charge in [-0.1, -0.05) is 35.3 Å². The van der Waals surface area contributed by atoms with E-state index in [9.17, 15) is 9.59 Å². The van der Waals surface area contributed by atoms with Crippen LogP contribution >= 0.6 is 23.2 Å². The van der Waals surface area contributed by atoms with Gasteiger partial charge in [-0.3, -0.25) is 9.59 Å². The Hall–Kier alpha value is -2.24. The molecule has 0 atom stereocenters. The van der Waals surface area contributed by atoms with Crippen molar-refractivity contribution in [2.45, 2.75) is 6.92 Å². The van der Waals surface area contributed by atoms with Crippen molar-refractivity contribution in [3.05, 3.63) is 52.0 Å². The zero-order valence-electron chi connectivity index (χ0n) is 12.8. The largest absolute Gasteiger partial charge is 0.490 e. The number of aldehydes is 1. The number of hydrogen-bond donors (Lipinski definition) is 1. The van der Waals surface area contributed by atoms with Crippen LogP contribution in [0.15, 0.2) is 36.4 Å². The van der Waals surface area contributed by atoms with E-state index in [1.807, 2.05) is 0 Å². The van der Waals surface area contributed by atoms with E-state index in [1.54, 1.807) is 31.2 Å². The number of benzene rings is 2. The molecule has 2 aromatic rings. The van der Waals surface area contributed by atoms with Gasteiger partial charge in [-0.2, -0.15) is 0 Å². The SMILES string of the molecule is CCOc1cc(C=O)cc(Cl)c1OCC(=O)Nc1ccccc1Cl. The summed E-state index contributed by atoms with van der Waals surface area (Å²) in [6, 6.07) is 9.81. The van der Waals surface area contributed by atoms with Crippen LogP contribution in [-0.4, -0.2) is 25.4 Å². The lowest BCUT2D eigenvalue weighted by atomic mass is 10.2. The van der Waals surface area contributed by atoms with Crippen LogP contribution in [0.4, 0.5) is 5.69 Å². The average Bonchev–Trinajstić information content (AvgIpc) is 2.56. The average molecular weight is 368 g/mol. The van der Waals surface area contributed by atoms with Crippen LogP contribution in [0.5, 0.6) is 11.5 Å². The molecule has 0 bridgehead atoms. The van der Waals surface area contributed by atoms with E-state index in [4.69, 9.17) is 32.7 Å². The summed E-state index contributed by atoms with van der Waals surface area (Å²) in [5.74, 6) is 0.108. The molecular formula is C17H15Cl2NO4. The molecule has 0 unspecified atom stereocenters. The molecule has 0 aliphatic rings. The van der Waals surface area contributed by atoms with Crippen molar-refractivity contribution >= 4 is 41.1 Å². The van der Waals surface area contributed by atoms with E-state index in [0.29, 0.717) is 34.9 Å². The molecule has 0 heterocycles. The monoisotopic (exact) mass is 367 g/mol. The van der Waals surface area contributed by atoms with Crippen LogP contribution in [0, 0.1) is 0 Å². The molecule has 0 spiro atoms. The molecule has 0 aromatic heterocycles. The van der Waals surface area contributed by atoms with E-state index >= 15 is 0 Å². The van der Waals surface area contributed by atoms with E-state index in [0.717, 1.165) is 0 Å². The Balaban J connectivity index is 2.09. The van der Waals surface area contributed by atoms with Gasteiger partial charge < -0.3 is 14.8 Å². The van der Waals surface area contributed by atoms with Gasteiger partial charge in [-0.15, -0.1) is 0 Å². The van der Waals surface area contributed by atoms with Crippen LogP contribution in [0.3, 0.4) is 0 Å². The fourth-order valence-electron chi connectivity index (χ4n) is 1.95. The smallest absolute Gasteiger partial charge is 0.262 e. The number of anilines is 1. The number of nitrogens with one attached hydrogen (secondary N) is 1. The van der Waals surface area contributed by atoms with Crippen molar-refractivity contribution < 1.29 is 19.1 Å². The Bertz CT molecular complexity index is 749. The quantitative estimate of drug-likeness (QED) is 0.744. The maximum absolute atomic E-state index is 12.0. The van der Waals surface area contributed by atoms with E-state index in [-0.39, 0.29) is 17.4 Å². The second-order valence-electron chi connectivity index (χ2n) is 4.70. The standard InChI is InChI=1S/C17H15Cl2NO4/c1-2-23-15-8-11(9-21)7-13(19)17(15)24-10-16(22)20-14-6-4-3-5-12(14)18/h3-9H,2,10H2,1H3,(H,20,22). The lowest BCUT2D eigenvalue weighted by molar-refractivity contribution is -0.118. The minimum atomic E-state index is -0.402. The predicted molar refractivity (Wildman–Crippen MR) is 93.6 cm³/mol. The van der Waals surface area contributed by atoms with Gasteiger partial charge in [0.05, 0.1) is 22.3 Å². The summed E-state index contributed by atoms with van der Waals surface area (Å²) in [6.07, 6.45) is 0.655. The minimum absolute atomic E-state index is 0.189. The van der Waals surface area contributed by atoms with E-state index < -0.39 is 5.91 Å². The molecule has 0 saturated heterocycles. The number of para-hydroxylation sites is 1. The van der Waals surface area contributed by atoms with Crippen molar-refractivity contribution in [2.24, 2.45) is 0 Å². The number of amides is 1. The van der Waals surface area contributed by atoms with E-state index in [2.05, 4.69) is 5.32 Å². The number of hydrogen-bond acceptors (Lipinski definition) is 4. The predicted octanol–water partition coefficient (Wildman–Crippen LogP) is 4.22. The summed E-state index contributed by atoms with van der Waals surface area (Å²) in [5.41, 5.74) is 0.844. The van der Waals surface area contributed by atoms with Crippen LogP contribution in [-0.2, 0) is 4.79 Å². The highest BCUT2D eigenvalue weighted by Crippen LogP contribution is 2.36. The van der Waals surface area contributed by atoms with Crippen LogP contribution < -0.4 is 14.8 Å². The fourth-order valence-corrected chi connectivity index (χ4v) is 2.40. The molecule has 1 amide bonds. The Kier molecular flexibility index (Phi) is 6.46. The molecule has 1 N–H and O–H groups in total. The van der Waals surface area contributed by atoms with Crippen molar-refractivity contribution in [2.75, 3.05) is 18.5 Å². The lowest BCUT2D eigenvalue weighted by Gasteiger charge is -2.14. The summed E-state index contributed by atoms with van der Waals surface area (Å²) >= 11 is 12.1. The first kappa shape index (κ1) is 18.1. The number of carbonyl (C=O) groups is 2. The number of rotatable bonds is 7. The Morgan fingerprint density at radius 3 is 2.58 bits per heavy atom. The molecule has 0 aliphatic carbocycles. The molecular weight excluding hydrogens is 353 g/mol. The summed E-state index contributed by atoms with van der Waals surface area (Å²) < 4.78 is 10.9. The highest BCUT2D eigenvalue weighted by molar-refractivity contribution is 6.33. The first-order chi connectivity index (χ1) is 11.5. The third kappa shape index (κ3) is 4.63. The number of halogens is 2. The maximum atomic E-state index is 12.0. The van der Waals surface area contributed by atoms with Crippen molar-refractivity contribution in [1.82, 2.24) is 0 Å². The van der Waals surface area contributed by atoms with Crippen LogP contribution in [0.2, 0.25) is 10.0 Å². The first-order valence-electron chi connectivity index (χ1n) is 7.13. The summed E-state index contributed by atoms with van der Waals surface area (Å²) in [7, 11) is 0. The zero-order valence-corrected chi connectivity index (χ0v) is 14.4. The molecule has 5 nitrogen and oxygen atoms in total.